The third-order valence-corrected chi connectivity index (χ3v) is 6.66. The summed E-state index contributed by atoms with van der Waals surface area (Å²) in [5, 5.41) is 0. The topological polar surface area (TPSA) is 3.24 Å². The Labute approximate surface area is 221 Å². The van der Waals surface area contributed by atoms with Crippen LogP contribution in [0.15, 0.2) is 0 Å². The molecule has 0 N–H and O–H groups in total. The van der Waals surface area contributed by atoms with Crippen LogP contribution in [0.25, 0.3) is 0 Å². The molecule has 33 heavy (non-hydrogen) atoms. The number of unbranched alkanes of at least 4 members (excludes halogenated alkanes) is 13. The zero-order valence-electron chi connectivity index (χ0n) is 20.2. The summed E-state index contributed by atoms with van der Waals surface area (Å²) in [5.74, 6) is 0. The van der Waals surface area contributed by atoms with Gasteiger partial charge in [-0.25, -0.2) is 0 Å². The van der Waals surface area contributed by atoms with Gasteiger partial charge in [0.25, 0.3) is 0 Å². The summed E-state index contributed by atoms with van der Waals surface area (Å²) in [6.07, 6.45) is 20.6. The van der Waals surface area contributed by atoms with Crippen LogP contribution in [0.3, 0.4) is 0 Å². The molecule has 0 amide bonds. The number of rotatable bonds is 15. The molecule has 11 heteroatoms. The first kappa shape index (κ1) is 34.4. The van der Waals surface area contributed by atoms with E-state index in [1.54, 1.807) is 0 Å². The molecule has 3 heterocycles. The van der Waals surface area contributed by atoms with Gasteiger partial charge in [-0.05, 0) is 12.8 Å². The molecule has 0 aromatic carbocycles. The van der Waals surface area contributed by atoms with E-state index in [2.05, 4.69) is 49.1 Å². The average Bonchev–Trinajstić information content (AvgIpc) is 2.74. The fraction of sp³-hybridized carbons (Fsp3) is 1.00. The standard InChI is InChI=1S/C22H45N2.F6P.I2/c1-2-3-4-5-6-7-8-9-10-11-12-13-14-15-19-24-20-16-23(17-21-24)18-22-24;1-7(2,3,4,5)6;1-2/h2-22H2,1H3;;/q+1;-1;. The van der Waals surface area contributed by atoms with Crippen LogP contribution in [0.5, 0.6) is 0 Å². The number of hydrogen-bond donors (Lipinski definition) is 0. The number of fused-ring (bicyclic) bond motifs is 3. The van der Waals surface area contributed by atoms with E-state index >= 15 is 0 Å². The Morgan fingerprint density at radius 1 is 0.576 bits per heavy atom. The summed E-state index contributed by atoms with van der Waals surface area (Å²) in [4.78, 5) is 2.66. The Morgan fingerprint density at radius 2 is 0.848 bits per heavy atom. The van der Waals surface area contributed by atoms with Gasteiger partial charge in [-0.2, -0.15) is 0 Å². The van der Waals surface area contributed by atoms with Crippen molar-refractivity contribution in [2.75, 3.05) is 45.8 Å². The molecule has 3 aliphatic rings. The molecule has 3 aliphatic heterocycles. The van der Waals surface area contributed by atoms with Crippen molar-refractivity contribution in [2.24, 2.45) is 0 Å². The van der Waals surface area contributed by atoms with Gasteiger partial charge >= 0.3 is 33.0 Å². The van der Waals surface area contributed by atoms with Gasteiger partial charge in [-0.1, -0.05) is 84.0 Å². The summed E-state index contributed by atoms with van der Waals surface area (Å²) in [6, 6.07) is 0. The van der Waals surface area contributed by atoms with Crippen molar-refractivity contribution in [2.45, 2.75) is 96.8 Å². The van der Waals surface area contributed by atoms with E-state index in [-0.39, 0.29) is 0 Å². The number of halogens is 8. The number of hydrogen-bond acceptors (Lipinski definition) is 1. The largest absolute Gasteiger partial charge is 0 e. The van der Waals surface area contributed by atoms with Crippen LogP contribution >= 0.6 is 45.0 Å². The quantitative estimate of drug-likeness (QED) is 0.0532. The van der Waals surface area contributed by atoms with E-state index < -0.39 is 7.81 Å². The van der Waals surface area contributed by atoms with E-state index in [1.165, 1.54) is 140 Å². The van der Waals surface area contributed by atoms with E-state index in [0.717, 1.165) is 0 Å². The van der Waals surface area contributed by atoms with Crippen molar-refractivity contribution in [1.82, 2.24) is 4.90 Å². The molecule has 0 aromatic rings. The van der Waals surface area contributed by atoms with Crippen LogP contribution in [-0.2, 0) is 0 Å². The summed E-state index contributed by atoms with van der Waals surface area (Å²) >= 11 is 4.24. The minimum Gasteiger partial charge on any atom is 0 e. The van der Waals surface area contributed by atoms with E-state index in [4.69, 9.17) is 0 Å². The molecule has 0 aliphatic carbocycles. The molecular weight excluding hydrogens is 691 g/mol. The average molecular weight is 736 g/mol. The zero-order valence-corrected chi connectivity index (χ0v) is 25.4. The Morgan fingerprint density at radius 3 is 1.15 bits per heavy atom. The third kappa shape index (κ3) is 24.8. The summed E-state index contributed by atoms with van der Waals surface area (Å²) in [6.45, 7) is 12.2. The first-order chi connectivity index (χ1) is 15.3. The van der Waals surface area contributed by atoms with E-state index in [0.29, 0.717) is 0 Å². The first-order valence-electron chi connectivity index (χ1n) is 12.6. The molecular formula is C22H45F6I2N2P. The number of piperazine rings is 3. The Balaban J connectivity index is 0.000000973. The van der Waals surface area contributed by atoms with Crippen molar-refractivity contribution in [3.63, 3.8) is 0 Å². The van der Waals surface area contributed by atoms with Gasteiger partial charge in [0, 0.05) is 56.9 Å². The predicted octanol–water partition coefficient (Wildman–Crippen LogP) is 10.8. The minimum atomic E-state index is -10.7. The van der Waals surface area contributed by atoms with Crippen LogP contribution in [0.2, 0.25) is 0 Å². The van der Waals surface area contributed by atoms with Crippen molar-refractivity contribution in [3.05, 3.63) is 0 Å². The molecule has 0 atom stereocenters. The SMILES string of the molecule is CCCCCCCCCCCCCCCC[N+]12CCN(CC1)CC2.F[P-](F)(F)(F)(F)F.II. The summed E-state index contributed by atoms with van der Waals surface area (Å²) in [7, 11) is -10.7. The maximum atomic E-state index is 9.87. The van der Waals surface area contributed by atoms with Gasteiger partial charge in [0.05, 0.1) is 26.2 Å². The fourth-order valence-electron chi connectivity index (χ4n) is 4.71. The van der Waals surface area contributed by atoms with Crippen LogP contribution < -0.4 is 0 Å². The zero-order chi connectivity index (χ0) is 25.3. The Kier molecular flexibility index (Phi) is 17.0. The number of quaternary nitrogens is 1. The molecule has 2 nitrogen and oxygen atoms in total. The van der Waals surface area contributed by atoms with Crippen molar-refractivity contribution >= 4 is 45.0 Å². The third-order valence-electron chi connectivity index (χ3n) is 6.66. The monoisotopic (exact) mass is 736 g/mol. The Hall–Kier alpha value is 1.39. The van der Waals surface area contributed by atoms with Gasteiger partial charge in [0.1, 0.15) is 0 Å². The van der Waals surface area contributed by atoms with Gasteiger partial charge in [-0.15, -0.1) is 0 Å². The van der Waals surface area contributed by atoms with Crippen LogP contribution in [0.1, 0.15) is 96.8 Å². The van der Waals surface area contributed by atoms with Crippen molar-refractivity contribution < 1.29 is 29.7 Å². The smallest absolute Gasteiger partial charge is 0 e. The minimum absolute atomic E-state index is 1.37. The maximum Gasteiger partial charge on any atom is 0 e. The van der Waals surface area contributed by atoms with E-state index in [1.807, 2.05) is 0 Å². The van der Waals surface area contributed by atoms with Crippen LogP contribution in [-0.4, -0.2) is 55.2 Å². The Bertz CT molecular complexity index is 461. The van der Waals surface area contributed by atoms with Gasteiger partial charge in [0.2, 0.25) is 0 Å². The van der Waals surface area contributed by atoms with Gasteiger partial charge < -0.3 is 4.48 Å². The van der Waals surface area contributed by atoms with Gasteiger partial charge in [-0.3, -0.25) is 4.90 Å². The second-order valence-corrected chi connectivity index (χ2v) is 11.5. The molecule has 0 aromatic heterocycles. The molecule has 0 radical (unpaired) electrons. The molecule has 0 saturated carbocycles. The molecule has 3 fully saturated rings. The second-order valence-electron chi connectivity index (χ2n) is 9.63. The molecule has 3 rings (SSSR count). The fourth-order valence-corrected chi connectivity index (χ4v) is 4.71. The van der Waals surface area contributed by atoms with Crippen molar-refractivity contribution in [3.8, 4) is 0 Å². The number of nitrogens with zero attached hydrogens (tertiary/aromatic N) is 2. The molecule has 0 spiro atoms. The maximum absolute atomic E-state index is 10.7. The molecule has 204 valence electrons. The van der Waals surface area contributed by atoms with E-state index in [9.17, 15) is 25.2 Å². The van der Waals surface area contributed by atoms with Crippen molar-refractivity contribution in [1.29, 1.82) is 0 Å². The molecule has 0 unspecified atom stereocenters. The van der Waals surface area contributed by atoms with Gasteiger partial charge in [0.15, 0.2) is 0 Å². The first-order valence-corrected chi connectivity index (χ1v) is 20.9. The molecule has 2 bridgehead atoms. The van der Waals surface area contributed by atoms with Crippen LogP contribution in [0.4, 0.5) is 25.2 Å². The van der Waals surface area contributed by atoms with Crippen LogP contribution in [0, 0.1) is 0 Å². The summed E-state index contributed by atoms with van der Waals surface area (Å²) in [5.41, 5.74) is 0. The second kappa shape index (κ2) is 16.3. The summed E-state index contributed by atoms with van der Waals surface area (Å²) < 4.78 is 60.7. The molecule has 3 saturated heterocycles. The normalized spacial score (nSPS) is 24.1. The predicted molar refractivity (Wildman–Crippen MR) is 148 cm³/mol.